The second-order valence-electron chi connectivity index (χ2n) is 5.41. The molecule has 1 saturated heterocycles. The molecular weight excluding hydrogens is 254 g/mol. The fraction of sp³-hybridized carbons (Fsp3) is 0.562. The summed E-state index contributed by atoms with van der Waals surface area (Å²) in [5.41, 5.74) is 0.675. The molecule has 0 N–H and O–H groups in total. The summed E-state index contributed by atoms with van der Waals surface area (Å²) in [5, 5.41) is 0. The lowest BCUT2D eigenvalue weighted by Crippen LogP contribution is -2.45. The van der Waals surface area contributed by atoms with Crippen molar-refractivity contribution in [3.05, 3.63) is 29.8 Å². The van der Waals surface area contributed by atoms with Crippen LogP contribution in [0.25, 0.3) is 0 Å². The monoisotopic (exact) mass is 277 g/mol. The number of rotatable bonds is 6. The molecule has 1 aliphatic rings. The largest absolute Gasteiger partial charge is 0.494 e. The normalized spacial score (nSPS) is 23.5. The van der Waals surface area contributed by atoms with Crippen molar-refractivity contribution in [2.24, 2.45) is 0 Å². The van der Waals surface area contributed by atoms with Crippen LogP contribution in [0.15, 0.2) is 24.3 Å². The molecule has 0 aliphatic carbocycles. The maximum absolute atomic E-state index is 10.5. The Balaban J connectivity index is 1.66. The van der Waals surface area contributed by atoms with Crippen molar-refractivity contribution in [2.75, 3.05) is 26.2 Å². The first kappa shape index (κ1) is 15.0. The van der Waals surface area contributed by atoms with Gasteiger partial charge in [-0.25, -0.2) is 0 Å². The minimum absolute atomic E-state index is 0.315. The zero-order valence-electron chi connectivity index (χ0n) is 12.2. The summed E-state index contributed by atoms with van der Waals surface area (Å²) in [6, 6.07) is 7.21. The zero-order chi connectivity index (χ0) is 14.4. The van der Waals surface area contributed by atoms with Crippen molar-refractivity contribution in [3.63, 3.8) is 0 Å². The van der Waals surface area contributed by atoms with E-state index in [-0.39, 0.29) is 0 Å². The zero-order valence-corrected chi connectivity index (χ0v) is 12.2. The molecule has 1 aliphatic heterocycles. The van der Waals surface area contributed by atoms with Gasteiger partial charge < -0.3 is 9.47 Å². The number of benzene rings is 1. The first-order chi connectivity index (χ1) is 9.67. The van der Waals surface area contributed by atoms with Gasteiger partial charge in [0.15, 0.2) is 0 Å². The highest BCUT2D eigenvalue weighted by Gasteiger charge is 2.21. The molecular formula is C16H23NO3. The van der Waals surface area contributed by atoms with E-state index >= 15 is 0 Å². The van der Waals surface area contributed by atoms with Crippen LogP contribution in [-0.2, 0) is 4.74 Å². The van der Waals surface area contributed by atoms with E-state index in [4.69, 9.17) is 9.47 Å². The van der Waals surface area contributed by atoms with Crippen molar-refractivity contribution < 1.29 is 14.3 Å². The van der Waals surface area contributed by atoms with Crippen LogP contribution in [0.1, 0.15) is 30.6 Å². The first-order valence-electron chi connectivity index (χ1n) is 7.23. The molecule has 110 valence electrons. The molecule has 0 amide bonds. The van der Waals surface area contributed by atoms with Gasteiger partial charge in [-0.3, -0.25) is 9.69 Å². The molecule has 2 rings (SSSR count). The van der Waals surface area contributed by atoms with Crippen molar-refractivity contribution in [2.45, 2.75) is 32.5 Å². The summed E-state index contributed by atoms with van der Waals surface area (Å²) < 4.78 is 11.4. The average molecular weight is 277 g/mol. The molecule has 0 unspecified atom stereocenters. The molecule has 2 atom stereocenters. The van der Waals surface area contributed by atoms with Crippen LogP contribution in [0.2, 0.25) is 0 Å². The molecule has 1 aromatic carbocycles. The highest BCUT2D eigenvalue weighted by molar-refractivity contribution is 5.74. The second-order valence-corrected chi connectivity index (χ2v) is 5.41. The van der Waals surface area contributed by atoms with E-state index in [0.717, 1.165) is 38.1 Å². The number of carbonyl (C=O) groups is 1. The summed E-state index contributed by atoms with van der Waals surface area (Å²) in [5.74, 6) is 0.819. The van der Waals surface area contributed by atoms with Gasteiger partial charge in [0.25, 0.3) is 0 Å². The van der Waals surface area contributed by atoms with Crippen molar-refractivity contribution >= 4 is 6.29 Å². The Morgan fingerprint density at radius 3 is 2.50 bits per heavy atom. The van der Waals surface area contributed by atoms with Crippen LogP contribution in [-0.4, -0.2) is 49.6 Å². The predicted octanol–water partition coefficient (Wildman–Crippen LogP) is 2.38. The number of aldehydes is 1. The number of nitrogens with zero attached hydrogens (tertiary/aromatic N) is 1. The lowest BCUT2D eigenvalue weighted by Gasteiger charge is -2.35. The summed E-state index contributed by atoms with van der Waals surface area (Å²) >= 11 is 0. The first-order valence-corrected chi connectivity index (χ1v) is 7.23. The number of carbonyl (C=O) groups excluding carboxylic acids is 1. The van der Waals surface area contributed by atoms with E-state index < -0.39 is 0 Å². The highest BCUT2D eigenvalue weighted by Crippen LogP contribution is 2.13. The third-order valence-corrected chi connectivity index (χ3v) is 3.40. The van der Waals surface area contributed by atoms with E-state index in [1.54, 1.807) is 12.1 Å². The molecule has 1 aromatic rings. The van der Waals surface area contributed by atoms with Crippen molar-refractivity contribution in [1.82, 2.24) is 4.90 Å². The molecule has 1 heterocycles. The molecule has 4 heteroatoms. The summed E-state index contributed by atoms with van der Waals surface area (Å²) in [4.78, 5) is 13.0. The van der Waals surface area contributed by atoms with Crippen LogP contribution in [0.5, 0.6) is 5.75 Å². The summed E-state index contributed by atoms with van der Waals surface area (Å²) in [7, 11) is 0. The second kappa shape index (κ2) is 7.41. The molecule has 1 fully saturated rings. The van der Waals surface area contributed by atoms with Gasteiger partial charge in [-0.2, -0.15) is 0 Å². The van der Waals surface area contributed by atoms with Gasteiger partial charge in [0.1, 0.15) is 12.0 Å². The van der Waals surface area contributed by atoms with Gasteiger partial charge in [0.2, 0.25) is 0 Å². The van der Waals surface area contributed by atoms with Crippen LogP contribution in [0.4, 0.5) is 0 Å². The standard InChI is InChI=1S/C16H23NO3/c1-13-10-17(11-14(2)20-13)8-3-9-19-16-6-4-15(12-18)5-7-16/h4-7,12-14H,3,8-11H2,1-2H3/t13-,14+. The number of morpholine rings is 1. The molecule has 0 spiro atoms. The molecule has 0 bridgehead atoms. The summed E-state index contributed by atoms with van der Waals surface area (Å²) in [6.07, 6.45) is 2.46. The SMILES string of the molecule is C[C@@H]1CN(CCCOc2ccc(C=O)cc2)C[C@H](C)O1. The third kappa shape index (κ3) is 4.62. The van der Waals surface area contributed by atoms with E-state index in [1.165, 1.54) is 0 Å². The Morgan fingerprint density at radius 2 is 1.90 bits per heavy atom. The highest BCUT2D eigenvalue weighted by atomic mass is 16.5. The maximum atomic E-state index is 10.5. The lowest BCUT2D eigenvalue weighted by molar-refractivity contribution is -0.0686. The Kier molecular flexibility index (Phi) is 5.56. The maximum Gasteiger partial charge on any atom is 0.150 e. The van der Waals surface area contributed by atoms with Gasteiger partial charge in [0, 0.05) is 25.2 Å². The lowest BCUT2D eigenvalue weighted by atomic mass is 10.2. The van der Waals surface area contributed by atoms with Crippen molar-refractivity contribution in [3.8, 4) is 5.75 Å². The van der Waals surface area contributed by atoms with Gasteiger partial charge in [0.05, 0.1) is 18.8 Å². The van der Waals surface area contributed by atoms with Gasteiger partial charge in [-0.15, -0.1) is 0 Å². The smallest absolute Gasteiger partial charge is 0.150 e. The number of hydrogen-bond acceptors (Lipinski definition) is 4. The van der Waals surface area contributed by atoms with E-state index in [2.05, 4.69) is 18.7 Å². The predicted molar refractivity (Wildman–Crippen MR) is 78.4 cm³/mol. The van der Waals surface area contributed by atoms with Gasteiger partial charge >= 0.3 is 0 Å². The van der Waals surface area contributed by atoms with Crippen LogP contribution >= 0.6 is 0 Å². The fourth-order valence-electron chi connectivity index (χ4n) is 2.59. The Labute approximate surface area is 120 Å². The van der Waals surface area contributed by atoms with Crippen molar-refractivity contribution in [1.29, 1.82) is 0 Å². The Hall–Kier alpha value is -1.39. The number of hydrogen-bond donors (Lipinski definition) is 0. The molecule has 20 heavy (non-hydrogen) atoms. The third-order valence-electron chi connectivity index (χ3n) is 3.40. The molecule has 0 aromatic heterocycles. The number of ether oxygens (including phenoxy) is 2. The average Bonchev–Trinajstić information content (AvgIpc) is 2.43. The van der Waals surface area contributed by atoms with E-state index in [0.29, 0.717) is 24.4 Å². The van der Waals surface area contributed by atoms with Crippen LogP contribution in [0, 0.1) is 0 Å². The Bertz CT molecular complexity index is 408. The van der Waals surface area contributed by atoms with Gasteiger partial charge in [-0.1, -0.05) is 0 Å². The molecule has 4 nitrogen and oxygen atoms in total. The van der Waals surface area contributed by atoms with Crippen LogP contribution in [0.3, 0.4) is 0 Å². The molecule has 0 saturated carbocycles. The minimum atomic E-state index is 0.315. The summed E-state index contributed by atoms with van der Waals surface area (Å²) in [6.45, 7) is 7.96. The van der Waals surface area contributed by atoms with Gasteiger partial charge in [-0.05, 0) is 44.5 Å². The van der Waals surface area contributed by atoms with E-state index in [9.17, 15) is 4.79 Å². The topological polar surface area (TPSA) is 38.8 Å². The minimum Gasteiger partial charge on any atom is -0.494 e. The van der Waals surface area contributed by atoms with Crippen LogP contribution < -0.4 is 4.74 Å². The van der Waals surface area contributed by atoms with E-state index in [1.807, 2.05) is 12.1 Å². The quantitative estimate of drug-likeness (QED) is 0.591. The Morgan fingerprint density at radius 1 is 1.25 bits per heavy atom. The fourth-order valence-corrected chi connectivity index (χ4v) is 2.59. The molecule has 0 radical (unpaired) electrons.